The van der Waals surface area contributed by atoms with E-state index in [-0.39, 0.29) is 5.54 Å². The highest BCUT2D eigenvalue weighted by Crippen LogP contribution is 2.48. The van der Waals surface area contributed by atoms with E-state index >= 15 is 0 Å². The zero-order valence-electron chi connectivity index (χ0n) is 15.0. The fraction of sp³-hybridized carbons (Fsp3) is 0.364. The number of rotatable bonds is 4. The minimum Gasteiger partial charge on any atom is -0.360 e. The third-order valence-electron chi connectivity index (χ3n) is 5.66. The SMILES string of the molecule is c1ccc(C2(Nc3nc(N4CCCCC4)nc4ccccc34)CC2)cc1. The lowest BCUT2D eigenvalue weighted by Crippen LogP contribution is -2.31. The number of para-hydroxylation sites is 1. The number of nitrogens with one attached hydrogen (secondary N) is 1. The largest absolute Gasteiger partial charge is 0.360 e. The van der Waals surface area contributed by atoms with Crippen LogP contribution in [0.25, 0.3) is 10.9 Å². The first-order valence-corrected chi connectivity index (χ1v) is 9.70. The third kappa shape index (κ3) is 2.79. The van der Waals surface area contributed by atoms with Crippen molar-refractivity contribution in [2.45, 2.75) is 37.6 Å². The van der Waals surface area contributed by atoms with E-state index in [1.807, 2.05) is 0 Å². The van der Waals surface area contributed by atoms with Crippen LogP contribution in [-0.2, 0) is 5.54 Å². The Labute approximate surface area is 154 Å². The molecule has 1 saturated carbocycles. The molecule has 1 N–H and O–H groups in total. The van der Waals surface area contributed by atoms with Crippen LogP contribution in [0.5, 0.6) is 0 Å². The van der Waals surface area contributed by atoms with E-state index in [1.165, 1.54) is 24.8 Å². The molecule has 0 radical (unpaired) electrons. The van der Waals surface area contributed by atoms with Crippen LogP contribution < -0.4 is 10.2 Å². The van der Waals surface area contributed by atoms with E-state index in [4.69, 9.17) is 9.97 Å². The molecule has 2 aromatic carbocycles. The Morgan fingerprint density at radius 3 is 2.31 bits per heavy atom. The van der Waals surface area contributed by atoms with Gasteiger partial charge in [-0.15, -0.1) is 0 Å². The van der Waals surface area contributed by atoms with Crippen molar-refractivity contribution in [1.29, 1.82) is 0 Å². The van der Waals surface area contributed by atoms with Gasteiger partial charge in [0.15, 0.2) is 0 Å². The normalized spacial score (nSPS) is 18.7. The number of hydrogen-bond acceptors (Lipinski definition) is 4. The van der Waals surface area contributed by atoms with Gasteiger partial charge in [-0.05, 0) is 49.8 Å². The van der Waals surface area contributed by atoms with Crippen LogP contribution in [0.1, 0.15) is 37.7 Å². The Morgan fingerprint density at radius 2 is 1.54 bits per heavy atom. The molecule has 5 rings (SSSR count). The topological polar surface area (TPSA) is 41.1 Å². The molecule has 132 valence electrons. The second kappa shape index (κ2) is 6.27. The lowest BCUT2D eigenvalue weighted by molar-refractivity contribution is 0.569. The maximum Gasteiger partial charge on any atom is 0.227 e. The van der Waals surface area contributed by atoms with Crippen molar-refractivity contribution in [3.63, 3.8) is 0 Å². The highest BCUT2D eigenvalue weighted by Gasteiger charge is 2.44. The summed E-state index contributed by atoms with van der Waals surface area (Å²) in [5.41, 5.74) is 2.40. The molecule has 1 aliphatic carbocycles. The second-order valence-electron chi connectivity index (χ2n) is 7.51. The number of hydrogen-bond donors (Lipinski definition) is 1. The van der Waals surface area contributed by atoms with Crippen LogP contribution in [0, 0.1) is 0 Å². The molecular weight excluding hydrogens is 320 g/mol. The maximum atomic E-state index is 4.98. The van der Waals surface area contributed by atoms with Gasteiger partial charge in [0.1, 0.15) is 5.82 Å². The lowest BCUT2D eigenvalue weighted by atomic mass is 10.0. The van der Waals surface area contributed by atoms with Gasteiger partial charge in [-0.2, -0.15) is 4.98 Å². The van der Waals surface area contributed by atoms with Crippen LogP contribution in [0.2, 0.25) is 0 Å². The van der Waals surface area contributed by atoms with Gasteiger partial charge in [0.05, 0.1) is 11.1 Å². The van der Waals surface area contributed by atoms with Gasteiger partial charge in [-0.25, -0.2) is 4.98 Å². The zero-order chi connectivity index (χ0) is 17.4. The maximum absolute atomic E-state index is 4.98. The molecule has 0 amide bonds. The monoisotopic (exact) mass is 344 g/mol. The van der Waals surface area contributed by atoms with E-state index < -0.39 is 0 Å². The summed E-state index contributed by atoms with van der Waals surface area (Å²) in [6.45, 7) is 2.11. The molecule has 2 fully saturated rings. The van der Waals surface area contributed by atoms with E-state index in [0.717, 1.165) is 48.6 Å². The molecule has 1 aromatic heterocycles. The van der Waals surface area contributed by atoms with Gasteiger partial charge in [-0.1, -0.05) is 42.5 Å². The average Bonchev–Trinajstić information content (AvgIpc) is 3.50. The molecule has 4 heteroatoms. The quantitative estimate of drug-likeness (QED) is 0.743. The third-order valence-corrected chi connectivity index (χ3v) is 5.66. The summed E-state index contributed by atoms with van der Waals surface area (Å²) in [6.07, 6.45) is 6.06. The predicted molar refractivity (Wildman–Crippen MR) is 107 cm³/mol. The molecule has 0 unspecified atom stereocenters. The molecule has 3 aromatic rings. The van der Waals surface area contributed by atoms with Crippen LogP contribution >= 0.6 is 0 Å². The summed E-state index contributed by atoms with van der Waals surface area (Å²) in [5, 5.41) is 4.90. The molecule has 2 aliphatic rings. The molecule has 26 heavy (non-hydrogen) atoms. The Balaban J connectivity index is 1.56. The number of aromatic nitrogens is 2. The summed E-state index contributed by atoms with van der Waals surface area (Å²) >= 11 is 0. The molecule has 4 nitrogen and oxygen atoms in total. The van der Waals surface area contributed by atoms with Crippen LogP contribution in [-0.4, -0.2) is 23.1 Å². The molecule has 1 aliphatic heterocycles. The Kier molecular flexibility index (Phi) is 3.77. The number of nitrogens with zero attached hydrogens (tertiary/aromatic N) is 3. The van der Waals surface area contributed by atoms with E-state index in [0.29, 0.717) is 0 Å². The Bertz CT molecular complexity index is 912. The summed E-state index contributed by atoms with van der Waals surface area (Å²) in [7, 11) is 0. The summed E-state index contributed by atoms with van der Waals surface area (Å²) in [6, 6.07) is 19.1. The van der Waals surface area contributed by atoms with Crippen molar-refractivity contribution < 1.29 is 0 Å². The van der Waals surface area contributed by atoms with Gasteiger partial charge in [0, 0.05) is 18.5 Å². The zero-order valence-corrected chi connectivity index (χ0v) is 15.0. The van der Waals surface area contributed by atoms with E-state index in [2.05, 4.69) is 64.8 Å². The number of fused-ring (bicyclic) bond motifs is 1. The van der Waals surface area contributed by atoms with Crippen molar-refractivity contribution in [2.75, 3.05) is 23.3 Å². The second-order valence-corrected chi connectivity index (χ2v) is 7.51. The first-order valence-electron chi connectivity index (χ1n) is 9.70. The summed E-state index contributed by atoms with van der Waals surface area (Å²) in [5.74, 6) is 1.84. The van der Waals surface area contributed by atoms with Gasteiger partial charge in [0.2, 0.25) is 5.95 Å². The van der Waals surface area contributed by atoms with Crippen molar-refractivity contribution in [1.82, 2.24) is 9.97 Å². The summed E-state index contributed by atoms with van der Waals surface area (Å²) in [4.78, 5) is 12.2. The molecule has 0 spiro atoms. The van der Waals surface area contributed by atoms with E-state index in [1.54, 1.807) is 0 Å². The van der Waals surface area contributed by atoms with Crippen molar-refractivity contribution in [3.8, 4) is 0 Å². The van der Waals surface area contributed by atoms with E-state index in [9.17, 15) is 0 Å². The molecule has 1 saturated heterocycles. The van der Waals surface area contributed by atoms with Crippen molar-refractivity contribution >= 4 is 22.7 Å². The predicted octanol–water partition coefficient (Wildman–Crippen LogP) is 4.72. The molecule has 2 heterocycles. The minimum absolute atomic E-state index is 0.0254. The van der Waals surface area contributed by atoms with Crippen molar-refractivity contribution in [2.24, 2.45) is 0 Å². The first kappa shape index (κ1) is 15.6. The van der Waals surface area contributed by atoms with Gasteiger partial charge >= 0.3 is 0 Å². The summed E-state index contributed by atoms with van der Waals surface area (Å²) < 4.78 is 0. The number of benzene rings is 2. The standard InChI is InChI=1S/C22H24N4/c1-3-9-17(10-4-1)22(13-14-22)25-20-18-11-5-6-12-19(18)23-21(24-20)26-15-7-2-8-16-26/h1,3-6,9-12H,2,7-8,13-16H2,(H,23,24,25). The number of piperidine rings is 1. The first-order chi connectivity index (χ1) is 12.8. The van der Waals surface area contributed by atoms with Crippen LogP contribution in [0.15, 0.2) is 54.6 Å². The van der Waals surface area contributed by atoms with Gasteiger partial charge in [-0.3, -0.25) is 0 Å². The highest BCUT2D eigenvalue weighted by molar-refractivity contribution is 5.90. The fourth-order valence-electron chi connectivity index (χ4n) is 3.99. The van der Waals surface area contributed by atoms with Crippen molar-refractivity contribution in [3.05, 3.63) is 60.2 Å². The smallest absolute Gasteiger partial charge is 0.227 e. The Morgan fingerprint density at radius 1 is 0.808 bits per heavy atom. The van der Waals surface area contributed by atoms with Crippen LogP contribution in [0.3, 0.4) is 0 Å². The van der Waals surface area contributed by atoms with Gasteiger partial charge in [0.25, 0.3) is 0 Å². The highest BCUT2D eigenvalue weighted by atomic mass is 15.3. The molecular formula is C22H24N4. The molecule has 0 bridgehead atoms. The lowest BCUT2D eigenvalue weighted by Gasteiger charge is -2.28. The number of anilines is 2. The van der Waals surface area contributed by atoms with Crippen LogP contribution in [0.4, 0.5) is 11.8 Å². The minimum atomic E-state index is 0.0254. The average molecular weight is 344 g/mol. The fourth-order valence-corrected chi connectivity index (χ4v) is 3.99. The van der Waals surface area contributed by atoms with Gasteiger partial charge < -0.3 is 10.2 Å². The molecule has 0 atom stereocenters. The Hall–Kier alpha value is -2.62.